The van der Waals surface area contributed by atoms with Gasteiger partial charge in [-0.15, -0.1) is 10.2 Å². The highest BCUT2D eigenvalue weighted by Gasteiger charge is 2.22. The fourth-order valence-electron chi connectivity index (χ4n) is 1.99. The molecule has 2 heterocycles. The Labute approximate surface area is 124 Å². The number of nitrogens with zero attached hydrogens (tertiary/aromatic N) is 3. The van der Waals surface area contributed by atoms with Crippen molar-refractivity contribution >= 4 is 44.2 Å². The second kappa shape index (κ2) is 5.41. The third kappa shape index (κ3) is 2.16. The van der Waals surface area contributed by atoms with Crippen molar-refractivity contribution in [2.24, 2.45) is 0 Å². The standard InChI is InChI=1S/C13H13N3O2S2/c1-3-9(11(17)18-2)19-12-14-15-13-16(12)8-6-4-5-7-10(8)20-13/h4-7,9H,3H2,1-2H3/t9-/m1/s1. The molecule has 0 aliphatic rings. The van der Waals surface area contributed by atoms with E-state index in [4.69, 9.17) is 4.74 Å². The Morgan fingerprint density at radius 1 is 1.45 bits per heavy atom. The summed E-state index contributed by atoms with van der Waals surface area (Å²) < 4.78 is 7.97. The number of aromatic nitrogens is 3. The molecule has 1 atom stereocenters. The number of benzene rings is 1. The fraction of sp³-hybridized carbons (Fsp3) is 0.308. The van der Waals surface area contributed by atoms with Crippen LogP contribution in [0.15, 0.2) is 29.4 Å². The zero-order valence-electron chi connectivity index (χ0n) is 11.1. The summed E-state index contributed by atoms with van der Waals surface area (Å²) in [4.78, 5) is 12.6. The van der Waals surface area contributed by atoms with Crippen LogP contribution in [0.3, 0.4) is 0 Å². The number of hydrogen-bond acceptors (Lipinski definition) is 6. The average Bonchev–Trinajstić information content (AvgIpc) is 3.03. The summed E-state index contributed by atoms with van der Waals surface area (Å²) >= 11 is 2.99. The Morgan fingerprint density at radius 3 is 3.00 bits per heavy atom. The van der Waals surface area contributed by atoms with Gasteiger partial charge < -0.3 is 4.74 Å². The molecule has 0 amide bonds. The molecule has 0 saturated carbocycles. The highest BCUT2D eigenvalue weighted by molar-refractivity contribution is 8.00. The molecule has 5 nitrogen and oxygen atoms in total. The maximum absolute atomic E-state index is 11.7. The number of thioether (sulfide) groups is 1. The Balaban J connectivity index is 2.05. The van der Waals surface area contributed by atoms with E-state index in [1.54, 1.807) is 11.3 Å². The summed E-state index contributed by atoms with van der Waals surface area (Å²) in [5, 5.41) is 8.85. The Morgan fingerprint density at radius 2 is 2.25 bits per heavy atom. The quantitative estimate of drug-likeness (QED) is 0.548. The third-order valence-corrected chi connectivity index (χ3v) is 5.29. The molecule has 0 fully saturated rings. The SMILES string of the molecule is CC[C@@H](Sc1nnc2sc3ccccc3n12)C(=O)OC. The van der Waals surface area contributed by atoms with Gasteiger partial charge in [-0.2, -0.15) is 0 Å². The van der Waals surface area contributed by atoms with Gasteiger partial charge >= 0.3 is 5.97 Å². The third-order valence-electron chi connectivity index (χ3n) is 2.99. The number of para-hydroxylation sites is 1. The molecule has 3 aromatic rings. The zero-order valence-corrected chi connectivity index (χ0v) is 12.7. The highest BCUT2D eigenvalue weighted by Crippen LogP contribution is 2.32. The van der Waals surface area contributed by atoms with E-state index in [1.807, 2.05) is 29.5 Å². The second-order valence-electron chi connectivity index (χ2n) is 4.21. The number of carbonyl (C=O) groups excluding carboxylic acids is 1. The first-order valence-electron chi connectivity index (χ1n) is 6.21. The molecule has 0 aliphatic heterocycles. The van der Waals surface area contributed by atoms with Crippen LogP contribution in [0.5, 0.6) is 0 Å². The van der Waals surface area contributed by atoms with E-state index in [2.05, 4.69) is 16.3 Å². The molecule has 0 spiro atoms. The lowest BCUT2D eigenvalue weighted by molar-refractivity contribution is -0.140. The van der Waals surface area contributed by atoms with Crippen LogP contribution in [0.1, 0.15) is 13.3 Å². The van der Waals surface area contributed by atoms with E-state index in [-0.39, 0.29) is 11.2 Å². The molecular weight excluding hydrogens is 294 g/mol. The van der Waals surface area contributed by atoms with Gasteiger partial charge in [-0.05, 0) is 18.6 Å². The minimum absolute atomic E-state index is 0.228. The van der Waals surface area contributed by atoms with Gasteiger partial charge in [0.2, 0.25) is 4.96 Å². The van der Waals surface area contributed by atoms with Gasteiger partial charge in [0, 0.05) is 0 Å². The highest BCUT2D eigenvalue weighted by atomic mass is 32.2. The summed E-state index contributed by atoms with van der Waals surface area (Å²) in [6.45, 7) is 1.96. The number of rotatable bonds is 4. The Kier molecular flexibility index (Phi) is 3.62. The normalized spacial score (nSPS) is 12.9. The average molecular weight is 307 g/mol. The van der Waals surface area contributed by atoms with E-state index in [0.29, 0.717) is 6.42 Å². The maximum atomic E-state index is 11.7. The Bertz CT molecular complexity index is 765. The number of hydrogen-bond donors (Lipinski definition) is 0. The van der Waals surface area contributed by atoms with Gasteiger partial charge in [0.1, 0.15) is 5.25 Å². The summed E-state index contributed by atoms with van der Waals surface area (Å²) in [6, 6.07) is 8.08. The smallest absolute Gasteiger partial charge is 0.319 e. The van der Waals surface area contributed by atoms with E-state index in [0.717, 1.165) is 20.3 Å². The minimum Gasteiger partial charge on any atom is -0.468 e. The molecule has 7 heteroatoms. The van der Waals surface area contributed by atoms with Crippen LogP contribution >= 0.6 is 23.1 Å². The minimum atomic E-state index is -0.258. The van der Waals surface area contributed by atoms with Gasteiger partial charge in [0.05, 0.1) is 17.3 Å². The molecule has 104 valence electrons. The van der Waals surface area contributed by atoms with Crippen LogP contribution in [-0.4, -0.2) is 32.9 Å². The van der Waals surface area contributed by atoms with Gasteiger partial charge in [0.25, 0.3) is 0 Å². The van der Waals surface area contributed by atoms with Crippen LogP contribution in [0.4, 0.5) is 0 Å². The van der Waals surface area contributed by atoms with E-state index in [9.17, 15) is 4.79 Å². The number of fused-ring (bicyclic) bond motifs is 3. The fourth-order valence-corrected chi connectivity index (χ4v) is 4.00. The van der Waals surface area contributed by atoms with Crippen LogP contribution in [-0.2, 0) is 9.53 Å². The number of esters is 1. The molecule has 3 rings (SSSR count). The number of methoxy groups -OCH3 is 1. The molecule has 1 aromatic carbocycles. The molecule has 0 saturated heterocycles. The van der Waals surface area contributed by atoms with Gasteiger partial charge in [-0.1, -0.05) is 42.2 Å². The van der Waals surface area contributed by atoms with Crippen LogP contribution in [0, 0.1) is 0 Å². The maximum Gasteiger partial charge on any atom is 0.319 e. The van der Waals surface area contributed by atoms with E-state index < -0.39 is 0 Å². The van der Waals surface area contributed by atoms with Crippen molar-refractivity contribution in [2.45, 2.75) is 23.8 Å². The van der Waals surface area contributed by atoms with Gasteiger partial charge in [-0.3, -0.25) is 9.20 Å². The predicted octanol–water partition coefficient (Wildman–Crippen LogP) is 2.99. The Hall–Kier alpha value is -1.60. The monoisotopic (exact) mass is 307 g/mol. The summed E-state index contributed by atoms with van der Waals surface area (Å²) in [5.41, 5.74) is 1.07. The lowest BCUT2D eigenvalue weighted by atomic mass is 10.3. The van der Waals surface area contributed by atoms with E-state index >= 15 is 0 Å². The molecule has 2 aromatic heterocycles. The first-order valence-corrected chi connectivity index (χ1v) is 7.91. The van der Waals surface area contributed by atoms with Gasteiger partial charge in [0.15, 0.2) is 5.16 Å². The lowest BCUT2D eigenvalue weighted by Gasteiger charge is -2.09. The van der Waals surface area contributed by atoms with Crippen molar-refractivity contribution in [2.75, 3.05) is 7.11 Å². The molecule has 0 radical (unpaired) electrons. The molecule has 0 N–H and O–H groups in total. The summed E-state index contributed by atoms with van der Waals surface area (Å²) in [7, 11) is 1.41. The van der Waals surface area contributed by atoms with Crippen molar-refractivity contribution in [1.29, 1.82) is 0 Å². The molecule has 20 heavy (non-hydrogen) atoms. The molecular formula is C13H13N3O2S2. The molecule has 0 aliphatic carbocycles. The number of carbonyl (C=O) groups is 1. The first-order chi connectivity index (χ1) is 9.74. The number of ether oxygens (including phenoxy) is 1. The zero-order chi connectivity index (χ0) is 14.1. The van der Waals surface area contributed by atoms with Crippen molar-refractivity contribution in [3.8, 4) is 0 Å². The van der Waals surface area contributed by atoms with Crippen molar-refractivity contribution in [3.63, 3.8) is 0 Å². The second-order valence-corrected chi connectivity index (χ2v) is 6.39. The van der Waals surface area contributed by atoms with Crippen molar-refractivity contribution in [1.82, 2.24) is 14.6 Å². The lowest BCUT2D eigenvalue weighted by Crippen LogP contribution is -2.18. The van der Waals surface area contributed by atoms with E-state index in [1.165, 1.54) is 18.9 Å². The first kappa shape index (κ1) is 13.4. The van der Waals surface area contributed by atoms with Gasteiger partial charge in [-0.25, -0.2) is 0 Å². The van der Waals surface area contributed by atoms with Crippen LogP contribution in [0.2, 0.25) is 0 Å². The number of thiazole rings is 1. The van der Waals surface area contributed by atoms with Crippen molar-refractivity contribution < 1.29 is 9.53 Å². The van der Waals surface area contributed by atoms with Crippen molar-refractivity contribution in [3.05, 3.63) is 24.3 Å². The summed E-state index contributed by atoms with van der Waals surface area (Å²) in [6.07, 6.45) is 0.689. The molecule has 0 unspecified atom stereocenters. The summed E-state index contributed by atoms with van der Waals surface area (Å²) in [5.74, 6) is -0.228. The van der Waals surface area contributed by atoms with Crippen LogP contribution in [0.25, 0.3) is 15.2 Å². The molecule has 0 bridgehead atoms. The van der Waals surface area contributed by atoms with Crippen LogP contribution < -0.4 is 0 Å². The predicted molar refractivity (Wildman–Crippen MR) is 80.3 cm³/mol. The largest absolute Gasteiger partial charge is 0.468 e. The topological polar surface area (TPSA) is 56.5 Å².